The summed E-state index contributed by atoms with van der Waals surface area (Å²) >= 11 is 1.58. The fraction of sp³-hybridized carbons (Fsp3) is 0.111. The summed E-state index contributed by atoms with van der Waals surface area (Å²) in [4.78, 5) is 24.5. The van der Waals surface area contributed by atoms with Gasteiger partial charge in [0, 0.05) is 35.8 Å². The number of amides is 1. The lowest BCUT2D eigenvalue weighted by atomic mass is 10.2. The minimum atomic E-state index is -0.187. The molecular weight excluding hydrogens is 350 g/mol. The zero-order valence-electron chi connectivity index (χ0n) is 13.7. The second-order valence-electron chi connectivity index (χ2n) is 5.73. The molecule has 1 amide bonds. The van der Waals surface area contributed by atoms with Gasteiger partial charge in [-0.15, -0.1) is 0 Å². The van der Waals surface area contributed by atoms with Crippen LogP contribution < -0.4 is 10.0 Å². The second kappa shape index (κ2) is 6.93. The first kappa shape index (κ1) is 16.2. The summed E-state index contributed by atoms with van der Waals surface area (Å²) in [6.07, 6.45) is 5.11. The molecule has 0 saturated carbocycles. The van der Waals surface area contributed by atoms with Gasteiger partial charge in [0.2, 0.25) is 0 Å². The molecule has 0 spiro atoms. The molecule has 0 unspecified atom stereocenters. The molecule has 26 heavy (non-hydrogen) atoms. The monoisotopic (exact) mass is 365 g/mol. The normalized spacial score (nSPS) is 10.9. The Morgan fingerprint density at radius 3 is 2.88 bits per heavy atom. The van der Waals surface area contributed by atoms with Gasteiger partial charge < -0.3 is 15.5 Å². The van der Waals surface area contributed by atoms with Gasteiger partial charge in [-0.3, -0.25) is 4.79 Å². The molecule has 7 nitrogen and oxygen atoms in total. The van der Waals surface area contributed by atoms with Gasteiger partial charge in [-0.05, 0) is 29.5 Å². The second-order valence-corrected chi connectivity index (χ2v) is 6.51. The van der Waals surface area contributed by atoms with Gasteiger partial charge in [0.1, 0.15) is 5.82 Å². The number of hydrogen-bond acceptors (Lipinski definition) is 5. The Morgan fingerprint density at radius 1 is 1.27 bits per heavy atom. The van der Waals surface area contributed by atoms with E-state index in [-0.39, 0.29) is 5.91 Å². The molecule has 0 aromatic carbocycles. The van der Waals surface area contributed by atoms with E-state index in [1.807, 2.05) is 16.8 Å². The average Bonchev–Trinajstić information content (AvgIpc) is 3.32. The van der Waals surface area contributed by atoms with Crippen LogP contribution in [0.25, 0.3) is 22.6 Å². The topological polar surface area (TPSA) is 97.6 Å². The van der Waals surface area contributed by atoms with Gasteiger partial charge >= 0.3 is 0 Å². The summed E-state index contributed by atoms with van der Waals surface area (Å²) < 4.78 is 0.735. The van der Waals surface area contributed by atoms with E-state index >= 15 is 0 Å². The number of imidazole rings is 1. The highest BCUT2D eigenvalue weighted by atomic mass is 32.1. The first-order valence-electron chi connectivity index (χ1n) is 8.04. The minimum absolute atomic E-state index is 0.187. The lowest BCUT2D eigenvalue weighted by Gasteiger charge is -2.06. The molecule has 0 aliphatic heterocycles. The van der Waals surface area contributed by atoms with E-state index in [4.69, 9.17) is 0 Å². The van der Waals surface area contributed by atoms with Crippen LogP contribution >= 0.6 is 11.3 Å². The minimum Gasteiger partial charge on any atom is -0.619 e. The first-order valence-corrected chi connectivity index (χ1v) is 8.98. The quantitative estimate of drug-likeness (QED) is 0.419. The van der Waals surface area contributed by atoms with Crippen LogP contribution in [-0.4, -0.2) is 27.4 Å². The molecular formula is C18H15N5O2S. The van der Waals surface area contributed by atoms with Crippen LogP contribution in [0.15, 0.2) is 53.6 Å². The number of carbonyl (C=O) groups is 1. The maximum atomic E-state index is 12.6. The number of hydrogen-bond donors (Lipinski definition) is 2. The van der Waals surface area contributed by atoms with Gasteiger partial charge in [-0.2, -0.15) is 16.1 Å². The molecule has 4 rings (SSSR count). The Labute approximate surface area is 153 Å². The van der Waals surface area contributed by atoms with Crippen molar-refractivity contribution >= 4 is 28.4 Å². The van der Waals surface area contributed by atoms with Crippen molar-refractivity contribution in [2.75, 3.05) is 6.54 Å². The van der Waals surface area contributed by atoms with Gasteiger partial charge in [-0.25, -0.2) is 9.97 Å². The van der Waals surface area contributed by atoms with E-state index in [9.17, 15) is 10.0 Å². The van der Waals surface area contributed by atoms with E-state index in [1.54, 1.807) is 35.7 Å². The maximum Gasteiger partial charge on any atom is 0.253 e. The van der Waals surface area contributed by atoms with Crippen LogP contribution in [-0.2, 0) is 6.42 Å². The van der Waals surface area contributed by atoms with E-state index in [1.165, 1.54) is 12.4 Å². The highest BCUT2D eigenvalue weighted by Gasteiger charge is 2.15. The molecule has 0 radical (unpaired) electrons. The van der Waals surface area contributed by atoms with Gasteiger partial charge in [0.25, 0.3) is 5.91 Å². The molecule has 2 N–H and O–H groups in total. The molecule has 0 aliphatic rings. The third-order valence-electron chi connectivity index (χ3n) is 4.00. The smallest absolute Gasteiger partial charge is 0.253 e. The fourth-order valence-electron chi connectivity index (χ4n) is 2.66. The number of aromatic nitrogens is 4. The van der Waals surface area contributed by atoms with Gasteiger partial charge in [0.15, 0.2) is 18.0 Å². The summed E-state index contributed by atoms with van der Waals surface area (Å²) in [5.74, 6) is 0.511. The van der Waals surface area contributed by atoms with Crippen LogP contribution in [0.4, 0.5) is 0 Å². The summed E-state index contributed by atoms with van der Waals surface area (Å²) in [7, 11) is 0. The summed E-state index contributed by atoms with van der Waals surface area (Å²) in [5.41, 5.74) is 3.60. The van der Waals surface area contributed by atoms with Crippen LogP contribution in [0, 0.1) is 5.21 Å². The van der Waals surface area contributed by atoms with Gasteiger partial charge in [-0.1, -0.05) is 0 Å². The van der Waals surface area contributed by atoms with E-state index in [2.05, 4.69) is 20.3 Å². The van der Waals surface area contributed by atoms with Gasteiger partial charge in [0.05, 0.1) is 11.1 Å². The number of carbonyl (C=O) groups excluding carboxylic acids is 1. The highest BCUT2D eigenvalue weighted by Crippen LogP contribution is 2.23. The van der Waals surface area contributed by atoms with Crippen molar-refractivity contribution in [2.45, 2.75) is 6.42 Å². The molecule has 4 heterocycles. The fourth-order valence-corrected chi connectivity index (χ4v) is 3.30. The van der Waals surface area contributed by atoms with Crippen LogP contribution in [0.2, 0.25) is 0 Å². The standard InChI is InChI=1S/C18H15N5O2S/c24-18(20-6-1-12-3-8-23(25)9-4-12)14-2-7-19-17-15(14)21-16(22-17)13-5-10-26-11-13/h2-5,7-11H,1,6H2,(H,20,24)(H,19,21,22). The van der Waals surface area contributed by atoms with Crippen molar-refractivity contribution in [2.24, 2.45) is 0 Å². The average molecular weight is 365 g/mol. The molecule has 4 aromatic heterocycles. The predicted molar refractivity (Wildman–Crippen MR) is 98.6 cm³/mol. The number of thiophene rings is 1. The summed E-state index contributed by atoms with van der Waals surface area (Å²) in [6, 6.07) is 7.13. The SMILES string of the molecule is O=C(NCCc1cc[n+]([O-])cc1)c1ccnc2nc(-c3ccsc3)[nH]c12. The third-order valence-corrected chi connectivity index (χ3v) is 4.68. The van der Waals surface area contributed by atoms with E-state index in [0.29, 0.717) is 35.5 Å². The summed E-state index contributed by atoms with van der Waals surface area (Å²) in [5, 5.41) is 17.9. The third kappa shape index (κ3) is 3.27. The highest BCUT2D eigenvalue weighted by molar-refractivity contribution is 7.08. The van der Waals surface area contributed by atoms with Crippen LogP contribution in [0.5, 0.6) is 0 Å². The Kier molecular flexibility index (Phi) is 4.32. The largest absolute Gasteiger partial charge is 0.619 e. The Morgan fingerprint density at radius 2 is 2.12 bits per heavy atom. The number of fused-ring (bicyclic) bond motifs is 1. The Bertz CT molecular complexity index is 1040. The van der Waals surface area contributed by atoms with E-state index < -0.39 is 0 Å². The summed E-state index contributed by atoms with van der Waals surface area (Å²) in [6.45, 7) is 0.469. The Hall–Kier alpha value is -3.26. The number of nitrogens with zero attached hydrogens (tertiary/aromatic N) is 3. The van der Waals surface area contributed by atoms with Crippen molar-refractivity contribution in [1.82, 2.24) is 20.3 Å². The van der Waals surface area contributed by atoms with Crippen LogP contribution in [0.1, 0.15) is 15.9 Å². The number of H-pyrrole nitrogens is 1. The zero-order valence-corrected chi connectivity index (χ0v) is 14.5. The molecule has 0 saturated heterocycles. The molecule has 0 bridgehead atoms. The molecule has 0 atom stereocenters. The van der Waals surface area contributed by atoms with Crippen molar-refractivity contribution in [3.8, 4) is 11.4 Å². The molecule has 130 valence electrons. The number of aromatic amines is 1. The van der Waals surface area contributed by atoms with Crippen LogP contribution in [0.3, 0.4) is 0 Å². The zero-order chi connectivity index (χ0) is 17.9. The van der Waals surface area contributed by atoms with Crippen molar-refractivity contribution in [3.63, 3.8) is 0 Å². The lowest BCUT2D eigenvalue weighted by molar-refractivity contribution is -0.605. The molecule has 8 heteroatoms. The maximum absolute atomic E-state index is 12.6. The van der Waals surface area contributed by atoms with Crippen molar-refractivity contribution in [1.29, 1.82) is 0 Å². The van der Waals surface area contributed by atoms with Crippen molar-refractivity contribution in [3.05, 3.63) is 70.0 Å². The Balaban J connectivity index is 1.50. The number of pyridine rings is 2. The predicted octanol–water partition coefficient (Wildman–Crippen LogP) is 2.29. The first-order chi connectivity index (χ1) is 12.7. The number of nitrogens with one attached hydrogen (secondary N) is 2. The molecule has 0 aliphatic carbocycles. The molecule has 0 fully saturated rings. The van der Waals surface area contributed by atoms with E-state index in [0.717, 1.165) is 15.9 Å². The van der Waals surface area contributed by atoms with Crippen molar-refractivity contribution < 1.29 is 9.52 Å². The number of rotatable bonds is 5. The molecule has 4 aromatic rings. The lowest BCUT2D eigenvalue weighted by Crippen LogP contribution is -2.27.